The van der Waals surface area contributed by atoms with Crippen LogP contribution >= 0.6 is 0 Å². The number of benzene rings is 5. The molecule has 10 aliphatic carbocycles. The average Bonchev–Trinajstić information content (AvgIpc) is 3.62. The van der Waals surface area contributed by atoms with E-state index < -0.39 is 0 Å². The Bertz CT molecular complexity index is 3770. The molecular weight excluding hydrogens is 657 g/mol. The van der Waals surface area contributed by atoms with Crippen LogP contribution in [0, 0.1) is 29.1 Å². The van der Waals surface area contributed by atoms with Gasteiger partial charge in [-0.2, -0.15) is 0 Å². The van der Waals surface area contributed by atoms with Crippen LogP contribution in [0.1, 0.15) is 76.1 Å². The van der Waals surface area contributed by atoms with Crippen LogP contribution in [0.2, 0.25) is 0 Å². The summed E-state index contributed by atoms with van der Waals surface area (Å²) in [5, 5.41) is 26.2. The second kappa shape index (κ2) is 6.61. The van der Waals surface area contributed by atoms with Crippen molar-refractivity contribution in [1.29, 1.82) is 0 Å². The molecule has 8 atom stereocenters. The zero-order valence-electron chi connectivity index (χ0n) is 29.7. The first-order chi connectivity index (χ1) is 26.7. The van der Waals surface area contributed by atoms with Crippen molar-refractivity contribution in [3.63, 3.8) is 0 Å². The number of fused-ring (bicyclic) bond motifs is 1. The molecule has 0 bridgehead atoms. The molecule has 0 amide bonds. The van der Waals surface area contributed by atoms with Crippen LogP contribution in [0.3, 0.4) is 0 Å². The van der Waals surface area contributed by atoms with E-state index in [-0.39, 0.29) is 22.2 Å². The van der Waals surface area contributed by atoms with Gasteiger partial charge in [0.05, 0.1) is 7.11 Å². The van der Waals surface area contributed by atoms with Crippen molar-refractivity contribution in [2.75, 3.05) is 7.11 Å². The van der Waals surface area contributed by atoms with Crippen molar-refractivity contribution in [1.82, 2.24) is 0 Å². The topological polar surface area (TPSA) is 26.3 Å². The van der Waals surface area contributed by atoms with Crippen molar-refractivity contribution in [3.8, 4) is 0 Å². The molecule has 0 radical (unpaired) electrons. The van der Waals surface area contributed by atoms with Crippen LogP contribution in [0.25, 0.3) is 92.6 Å². The molecule has 0 heterocycles. The Morgan fingerprint density at radius 1 is 0.796 bits per heavy atom. The predicted octanol–water partition coefficient (Wildman–Crippen LogP) is 9.19. The molecule has 9 aromatic rings. The molecule has 250 valence electrons. The molecular formula is C52H30O2. The molecule has 2 spiro atoms. The molecule has 54 heavy (non-hydrogen) atoms. The van der Waals surface area contributed by atoms with E-state index in [2.05, 4.69) is 60.7 Å². The van der Waals surface area contributed by atoms with Crippen molar-refractivity contribution < 1.29 is 9.53 Å². The lowest BCUT2D eigenvalue weighted by atomic mass is 9.66. The quantitative estimate of drug-likeness (QED) is 0.133. The van der Waals surface area contributed by atoms with Gasteiger partial charge in [-0.1, -0.05) is 54.6 Å². The molecule has 10 aliphatic rings. The number of allylic oxidation sites excluding steroid dienone is 2. The summed E-state index contributed by atoms with van der Waals surface area (Å²) in [7, 11) is 1.56. The molecule has 8 unspecified atom stereocenters. The zero-order chi connectivity index (χ0) is 34.0. The van der Waals surface area contributed by atoms with Crippen molar-refractivity contribution in [3.05, 3.63) is 110 Å². The maximum absolute atomic E-state index is 12.8. The fourth-order valence-electron chi connectivity index (χ4n) is 18.6. The third-order valence-corrected chi connectivity index (χ3v) is 19.0. The fraction of sp³-hybridized carbons (Fsp3) is 0.288. The third-order valence-electron chi connectivity index (χ3n) is 19.0. The monoisotopic (exact) mass is 686 g/mol. The Hall–Kier alpha value is -5.21. The van der Waals surface area contributed by atoms with Gasteiger partial charge in [0.2, 0.25) is 0 Å². The van der Waals surface area contributed by atoms with Crippen LogP contribution in [0.15, 0.2) is 54.6 Å². The standard InChI is InChI=1S/C52H30O2/c1-54-28(53)8-5-9-50(25-6-3-2-4-7-25)49-26-16-23-14-20-12-21-11-18-10-19-13-22-15-24-17-27-51(52(27,49)50)47(24)45-34(22)38-30(19)29(18)36-33(21)37-31(20)32(23)39-35(26)48(51)46-43(39)41(37)40(36)42(38)44(45)46/h2-4,6-7,10,12-13,15-16,23-24,27,32,49H,5,8-9,11,14,17H2,1H3. The van der Waals surface area contributed by atoms with Crippen LogP contribution in [-0.2, 0) is 33.2 Å². The zero-order valence-corrected chi connectivity index (χ0v) is 29.7. The van der Waals surface area contributed by atoms with Gasteiger partial charge in [-0.15, -0.1) is 0 Å². The van der Waals surface area contributed by atoms with Crippen molar-refractivity contribution >= 4 is 98.6 Å². The smallest absolute Gasteiger partial charge is 0.305 e. The number of ether oxygens (including phenoxy) is 1. The Morgan fingerprint density at radius 2 is 1.59 bits per heavy atom. The van der Waals surface area contributed by atoms with E-state index in [0.717, 1.165) is 19.3 Å². The van der Waals surface area contributed by atoms with Crippen LogP contribution in [0.5, 0.6) is 0 Å². The van der Waals surface area contributed by atoms with Gasteiger partial charge >= 0.3 is 5.97 Å². The molecule has 3 saturated carbocycles. The van der Waals surface area contributed by atoms with Gasteiger partial charge < -0.3 is 4.74 Å². The van der Waals surface area contributed by atoms with Crippen LogP contribution in [0.4, 0.5) is 0 Å². The summed E-state index contributed by atoms with van der Waals surface area (Å²) in [4.78, 5) is 12.8. The lowest BCUT2D eigenvalue weighted by Gasteiger charge is -2.36. The van der Waals surface area contributed by atoms with Gasteiger partial charge in [0.15, 0.2) is 0 Å². The summed E-state index contributed by atoms with van der Waals surface area (Å²) in [6.45, 7) is 0. The average molecular weight is 687 g/mol. The van der Waals surface area contributed by atoms with E-state index in [1.807, 2.05) is 5.57 Å². The molecule has 0 N–H and O–H groups in total. The van der Waals surface area contributed by atoms with Gasteiger partial charge in [-0.25, -0.2) is 0 Å². The molecule has 0 saturated heterocycles. The molecule has 19 rings (SSSR count). The normalized spacial score (nSPS) is 34.4. The number of methoxy groups -OCH3 is 1. The SMILES string of the molecule is COC(=O)CCCC1(c2ccccc2)C2C3=CC4Cc5cc6c7c8c5C4c4c3c3c5c4c8c4c7c7c(cc8cc9c%10c(c5c4c%10c87)=C4C(C=9)CC5C43C251)C6. The lowest BCUT2D eigenvalue weighted by Crippen LogP contribution is -2.34. The van der Waals surface area contributed by atoms with Gasteiger partial charge in [0.1, 0.15) is 0 Å². The first-order valence-corrected chi connectivity index (χ1v) is 20.8. The molecule has 9 aromatic carbocycles. The van der Waals surface area contributed by atoms with E-state index in [4.69, 9.17) is 4.74 Å². The summed E-state index contributed by atoms with van der Waals surface area (Å²) in [6.07, 6.45) is 11.6. The van der Waals surface area contributed by atoms with Gasteiger partial charge in [-0.3, -0.25) is 4.79 Å². The Balaban J connectivity index is 1.11. The number of hydrogen-bond acceptors (Lipinski definition) is 2. The molecule has 0 aromatic heterocycles. The molecule has 2 nitrogen and oxygen atoms in total. The number of rotatable bonds is 5. The van der Waals surface area contributed by atoms with Crippen LogP contribution in [-0.4, -0.2) is 13.1 Å². The summed E-state index contributed by atoms with van der Waals surface area (Å²) in [6, 6.07) is 19.7. The summed E-state index contributed by atoms with van der Waals surface area (Å²) in [5.74, 6) is 2.60. The van der Waals surface area contributed by atoms with Gasteiger partial charge in [0, 0.05) is 40.4 Å². The molecule has 3 fully saturated rings. The third kappa shape index (κ3) is 1.76. The minimum Gasteiger partial charge on any atom is -0.469 e. The fourth-order valence-corrected chi connectivity index (χ4v) is 18.6. The highest BCUT2D eigenvalue weighted by Crippen LogP contribution is 3.04. The van der Waals surface area contributed by atoms with E-state index in [0.29, 0.717) is 36.0 Å². The Labute approximate surface area is 308 Å². The summed E-state index contributed by atoms with van der Waals surface area (Å²) >= 11 is 0. The Morgan fingerprint density at radius 3 is 2.50 bits per heavy atom. The van der Waals surface area contributed by atoms with Crippen LogP contribution < -0.4 is 10.4 Å². The summed E-state index contributed by atoms with van der Waals surface area (Å²) < 4.78 is 5.26. The van der Waals surface area contributed by atoms with E-state index in [1.54, 1.807) is 127 Å². The van der Waals surface area contributed by atoms with E-state index >= 15 is 0 Å². The minimum atomic E-state index is -0.0650. The van der Waals surface area contributed by atoms with Gasteiger partial charge in [0.25, 0.3) is 0 Å². The Kier molecular flexibility index (Phi) is 3.06. The highest BCUT2D eigenvalue weighted by atomic mass is 16.5. The van der Waals surface area contributed by atoms with E-state index in [9.17, 15) is 4.79 Å². The van der Waals surface area contributed by atoms with E-state index in [1.165, 1.54) is 29.0 Å². The second-order valence-corrected chi connectivity index (χ2v) is 19.7. The number of hydrogen-bond donors (Lipinski definition) is 0. The maximum atomic E-state index is 12.8. The van der Waals surface area contributed by atoms with Crippen molar-refractivity contribution in [2.45, 2.75) is 55.3 Å². The molecule has 0 aliphatic heterocycles. The lowest BCUT2D eigenvalue weighted by molar-refractivity contribution is -0.140. The predicted molar refractivity (Wildman–Crippen MR) is 214 cm³/mol. The largest absolute Gasteiger partial charge is 0.469 e. The summed E-state index contributed by atoms with van der Waals surface area (Å²) in [5.41, 5.74) is 17.2. The first-order valence-electron chi connectivity index (χ1n) is 20.8. The first kappa shape index (κ1) is 25.0. The number of carbonyl (C=O) groups is 1. The number of carbonyl (C=O) groups excluding carboxylic acids is 1. The van der Waals surface area contributed by atoms with Gasteiger partial charge in [-0.05, 0) is 192 Å². The highest BCUT2D eigenvalue weighted by Gasteiger charge is 3.02. The number of esters is 1. The second-order valence-electron chi connectivity index (χ2n) is 19.7. The minimum absolute atomic E-state index is 0.0229. The maximum Gasteiger partial charge on any atom is 0.305 e. The molecule has 2 heteroatoms. The van der Waals surface area contributed by atoms with Crippen molar-refractivity contribution in [2.24, 2.45) is 29.1 Å². The highest BCUT2D eigenvalue weighted by molar-refractivity contribution is 6.55.